The first-order valence-corrected chi connectivity index (χ1v) is 11.9. The molecule has 4 rings (SSSR count). The summed E-state index contributed by atoms with van der Waals surface area (Å²) in [6, 6.07) is 10.8. The Morgan fingerprint density at radius 1 is 0.944 bits per heavy atom. The van der Waals surface area contributed by atoms with Gasteiger partial charge in [0.25, 0.3) is 0 Å². The Labute approximate surface area is 208 Å². The average Bonchev–Trinajstić information content (AvgIpc) is 3.37. The molecular formula is C28H29F2NO5. The van der Waals surface area contributed by atoms with E-state index in [1.165, 1.54) is 19.2 Å². The molecule has 2 aromatic rings. The molecule has 1 unspecified atom stereocenters. The highest BCUT2D eigenvalue weighted by atomic mass is 19.2. The number of hydrogen-bond donors (Lipinski definition) is 1. The lowest BCUT2D eigenvalue weighted by Crippen LogP contribution is -2.34. The first-order chi connectivity index (χ1) is 17.3. The number of carbonyl (C=O) groups excluding carboxylic acids is 2. The summed E-state index contributed by atoms with van der Waals surface area (Å²) in [5.41, 5.74) is 1.35. The topological polar surface area (TPSA) is 73.9 Å². The molecule has 190 valence electrons. The Bertz CT molecular complexity index is 1230. The van der Waals surface area contributed by atoms with Gasteiger partial charge in [0.15, 0.2) is 11.6 Å². The van der Waals surface area contributed by atoms with Crippen molar-refractivity contribution in [1.29, 1.82) is 0 Å². The zero-order valence-electron chi connectivity index (χ0n) is 20.5. The Morgan fingerprint density at radius 3 is 2.31 bits per heavy atom. The zero-order valence-corrected chi connectivity index (χ0v) is 20.5. The standard InChI is InChI=1S/C28H29F2NO5/c1-16-23(27(32)35-15-18-9-4-7-14-22(18)34-3)25(20-12-8-13-21(29)26(20)30)24(17(2)31-16)28(33)36-19-10-5-6-11-19/h4,7-9,12-14,19,25,31H,5-6,10-11,15H2,1-3H3. The van der Waals surface area contributed by atoms with Crippen molar-refractivity contribution in [2.75, 3.05) is 7.11 Å². The normalized spacial score (nSPS) is 18.2. The van der Waals surface area contributed by atoms with Gasteiger partial charge in [-0.3, -0.25) is 0 Å². The minimum atomic E-state index is -1.21. The third kappa shape index (κ3) is 5.12. The van der Waals surface area contributed by atoms with E-state index >= 15 is 4.39 Å². The van der Waals surface area contributed by atoms with Gasteiger partial charge in [0.1, 0.15) is 18.5 Å². The molecule has 1 N–H and O–H groups in total. The maximum absolute atomic E-state index is 15.1. The third-order valence-electron chi connectivity index (χ3n) is 6.62. The van der Waals surface area contributed by atoms with Crippen molar-refractivity contribution in [2.45, 2.75) is 58.2 Å². The Kier molecular flexibility index (Phi) is 7.72. The molecule has 0 saturated heterocycles. The fourth-order valence-electron chi connectivity index (χ4n) is 4.85. The second-order valence-electron chi connectivity index (χ2n) is 8.98. The molecule has 6 nitrogen and oxygen atoms in total. The van der Waals surface area contributed by atoms with Crippen molar-refractivity contribution < 1.29 is 32.6 Å². The van der Waals surface area contributed by atoms with E-state index in [9.17, 15) is 14.0 Å². The van der Waals surface area contributed by atoms with Crippen molar-refractivity contribution >= 4 is 11.9 Å². The Balaban J connectivity index is 1.71. The number of para-hydroxylation sites is 1. The molecule has 0 aromatic heterocycles. The van der Waals surface area contributed by atoms with Crippen LogP contribution in [-0.2, 0) is 25.7 Å². The highest BCUT2D eigenvalue weighted by Crippen LogP contribution is 2.41. The van der Waals surface area contributed by atoms with Gasteiger partial charge in [-0.25, -0.2) is 18.4 Å². The van der Waals surface area contributed by atoms with Gasteiger partial charge in [0.2, 0.25) is 0 Å². The number of carbonyl (C=O) groups is 2. The summed E-state index contributed by atoms with van der Waals surface area (Å²) >= 11 is 0. The molecule has 2 aromatic carbocycles. The summed E-state index contributed by atoms with van der Waals surface area (Å²) in [4.78, 5) is 26.8. The molecule has 1 fully saturated rings. The van der Waals surface area contributed by atoms with Crippen molar-refractivity contribution in [3.05, 3.63) is 87.8 Å². The van der Waals surface area contributed by atoms with Crippen LogP contribution in [0.1, 0.15) is 56.6 Å². The van der Waals surface area contributed by atoms with E-state index in [1.807, 2.05) is 0 Å². The van der Waals surface area contributed by atoms with Crippen LogP contribution in [0.15, 0.2) is 65.0 Å². The van der Waals surface area contributed by atoms with E-state index in [4.69, 9.17) is 14.2 Å². The molecule has 1 aliphatic heterocycles. The molecule has 0 bridgehead atoms. The minimum absolute atomic E-state index is 0.0124. The number of benzene rings is 2. The number of halogens is 2. The second-order valence-corrected chi connectivity index (χ2v) is 8.98. The predicted octanol–water partition coefficient (Wildman–Crippen LogP) is 5.44. The molecule has 36 heavy (non-hydrogen) atoms. The van der Waals surface area contributed by atoms with Crippen LogP contribution in [0.3, 0.4) is 0 Å². The number of nitrogens with one attached hydrogen (secondary N) is 1. The van der Waals surface area contributed by atoms with E-state index in [0.717, 1.165) is 31.7 Å². The molecular weight excluding hydrogens is 468 g/mol. The molecule has 2 aliphatic rings. The van der Waals surface area contributed by atoms with Crippen LogP contribution in [-0.4, -0.2) is 25.2 Å². The van der Waals surface area contributed by atoms with Crippen LogP contribution in [0.2, 0.25) is 0 Å². The summed E-state index contributed by atoms with van der Waals surface area (Å²) in [7, 11) is 1.51. The van der Waals surface area contributed by atoms with Gasteiger partial charge >= 0.3 is 11.9 Å². The maximum Gasteiger partial charge on any atom is 0.337 e. The van der Waals surface area contributed by atoms with E-state index in [1.54, 1.807) is 38.1 Å². The first kappa shape index (κ1) is 25.4. The van der Waals surface area contributed by atoms with Crippen LogP contribution >= 0.6 is 0 Å². The number of methoxy groups -OCH3 is 1. The van der Waals surface area contributed by atoms with Crippen LogP contribution in [0.5, 0.6) is 5.75 Å². The van der Waals surface area contributed by atoms with Crippen LogP contribution in [0.4, 0.5) is 8.78 Å². The minimum Gasteiger partial charge on any atom is -0.496 e. The molecule has 0 spiro atoms. The van der Waals surface area contributed by atoms with Gasteiger partial charge in [-0.2, -0.15) is 0 Å². The number of ether oxygens (including phenoxy) is 3. The second kappa shape index (κ2) is 10.9. The maximum atomic E-state index is 15.1. The number of hydrogen-bond acceptors (Lipinski definition) is 6. The quantitative estimate of drug-likeness (QED) is 0.514. The largest absolute Gasteiger partial charge is 0.496 e. The molecule has 1 saturated carbocycles. The summed E-state index contributed by atoms with van der Waals surface area (Å²) in [5.74, 6) is -4.30. The fraction of sp³-hybridized carbons (Fsp3) is 0.357. The SMILES string of the molecule is COc1ccccc1COC(=O)C1=C(C)NC(C)=C(C(=O)OC2CCCC2)C1c1cccc(F)c1F. The van der Waals surface area contributed by atoms with Gasteiger partial charge in [0, 0.05) is 22.5 Å². The Hall–Kier alpha value is -3.68. The first-order valence-electron chi connectivity index (χ1n) is 11.9. The van der Waals surface area contributed by atoms with Gasteiger partial charge < -0.3 is 19.5 Å². The number of rotatable bonds is 7. The summed E-state index contributed by atoms with van der Waals surface area (Å²) in [6.45, 7) is 3.17. The highest BCUT2D eigenvalue weighted by molar-refractivity contribution is 6.00. The van der Waals surface area contributed by atoms with E-state index in [-0.39, 0.29) is 29.4 Å². The molecule has 1 heterocycles. The molecule has 0 amide bonds. The van der Waals surface area contributed by atoms with E-state index < -0.39 is 29.5 Å². The lowest BCUT2D eigenvalue weighted by atomic mass is 9.80. The van der Waals surface area contributed by atoms with Crippen LogP contribution in [0, 0.1) is 11.6 Å². The lowest BCUT2D eigenvalue weighted by molar-refractivity contribution is -0.144. The third-order valence-corrected chi connectivity index (χ3v) is 6.62. The lowest BCUT2D eigenvalue weighted by Gasteiger charge is -2.31. The van der Waals surface area contributed by atoms with Crippen LogP contribution < -0.4 is 10.1 Å². The van der Waals surface area contributed by atoms with E-state index in [0.29, 0.717) is 22.7 Å². The summed E-state index contributed by atoms with van der Waals surface area (Å²) in [5, 5.41) is 3.04. The van der Waals surface area contributed by atoms with Crippen LogP contribution in [0.25, 0.3) is 0 Å². The summed E-state index contributed by atoms with van der Waals surface area (Å²) in [6.07, 6.45) is 3.15. The molecule has 8 heteroatoms. The smallest absolute Gasteiger partial charge is 0.337 e. The van der Waals surface area contributed by atoms with Crippen molar-refractivity contribution in [3.8, 4) is 5.75 Å². The molecule has 1 aliphatic carbocycles. The average molecular weight is 498 g/mol. The fourth-order valence-corrected chi connectivity index (χ4v) is 4.85. The molecule has 1 atom stereocenters. The van der Waals surface area contributed by atoms with Crippen molar-refractivity contribution in [2.24, 2.45) is 0 Å². The summed E-state index contributed by atoms with van der Waals surface area (Å²) < 4.78 is 46.0. The van der Waals surface area contributed by atoms with Crippen molar-refractivity contribution in [1.82, 2.24) is 5.32 Å². The Morgan fingerprint density at radius 2 is 1.61 bits per heavy atom. The van der Waals surface area contributed by atoms with Gasteiger partial charge in [-0.1, -0.05) is 30.3 Å². The predicted molar refractivity (Wildman–Crippen MR) is 129 cm³/mol. The van der Waals surface area contributed by atoms with Gasteiger partial charge in [0.05, 0.1) is 24.2 Å². The zero-order chi connectivity index (χ0) is 25.8. The van der Waals surface area contributed by atoms with Gasteiger partial charge in [-0.05, 0) is 51.7 Å². The highest BCUT2D eigenvalue weighted by Gasteiger charge is 2.40. The van der Waals surface area contributed by atoms with E-state index in [2.05, 4.69) is 5.32 Å². The van der Waals surface area contributed by atoms with Gasteiger partial charge in [-0.15, -0.1) is 0 Å². The number of allylic oxidation sites excluding steroid dienone is 2. The molecule has 0 radical (unpaired) electrons. The number of esters is 2. The number of dihydropyridines is 1. The monoisotopic (exact) mass is 497 g/mol. The van der Waals surface area contributed by atoms with Crippen molar-refractivity contribution in [3.63, 3.8) is 0 Å².